The zero-order chi connectivity index (χ0) is 9.97. The summed E-state index contributed by atoms with van der Waals surface area (Å²) in [6.07, 6.45) is 0. The van der Waals surface area contributed by atoms with Crippen molar-refractivity contribution >= 4 is 11.6 Å². The van der Waals surface area contributed by atoms with Gasteiger partial charge in [0.1, 0.15) is 5.75 Å². The highest BCUT2D eigenvalue weighted by Gasteiger charge is 2.18. The van der Waals surface area contributed by atoms with E-state index in [4.69, 9.17) is 11.6 Å². The summed E-state index contributed by atoms with van der Waals surface area (Å²) < 4.78 is 0. The van der Waals surface area contributed by atoms with Gasteiger partial charge in [0.25, 0.3) is 0 Å². The Hall–Kier alpha value is -0.770. The molecule has 1 aromatic rings. The summed E-state index contributed by atoms with van der Waals surface area (Å²) >= 11 is 5.83. The van der Waals surface area contributed by atoms with E-state index in [1.807, 2.05) is 12.1 Å². The number of hydrogen-bond acceptors (Lipinski definition) is 3. The van der Waals surface area contributed by atoms with Crippen molar-refractivity contribution in [3.05, 3.63) is 28.8 Å². The number of para-hydroxylation sites is 1. The standard InChI is InChI=1S/C10H13ClN2O/c11-8-3-1-2-7(10(8)14)9-6-12-4-5-13-9/h1-3,9,12-14H,4-6H2/t9-/m0/s1. The molecule has 3 nitrogen and oxygen atoms in total. The van der Waals surface area contributed by atoms with Crippen LogP contribution in [0.15, 0.2) is 18.2 Å². The molecule has 0 radical (unpaired) electrons. The molecule has 1 atom stereocenters. The SMILES string of the molecule is Oc1c(Cl)cccc1[C@@H]1CNCCN1. The average molecular weight is 213 g/mol. The van der Waals surface area contributed by atoms with E-state index in [0.717, 1.165) is 25.2 Å². The number of piperazine rings is 1. The minimum absolute atomic E-state index is 0.155. The van der Waals surface area contributed by atoms with Crippen LogP contribution in [0.3, 0.4) is 0 Å². The summed E-state index contributed by atoms with van der Waals surface area (Å²) in [5, 5.41) is 16.7. The molecular formula is C10H13ClN2O. The lowest BCUT2D eigenvalue weighted by Gasteiger charge is -2.25. The van der Waals surface area contributed by atoms with Gasteiger partial charge in [-0.15, -0.1) is 0 Å². The van der Waals surface area contributed by atoms with Gasteiger partial charge in [0, 0.05) is 31.2 Å². The molecule has 2 rings (SSSR count). The predicted molar refractivity (Wildman–Crippen MR) is 56.7 cm³/mol. The summed E-state index contributed by atoms with van der Waals surface area (Å²) in [4.78, 5) is 0. The van der Waals surface area contributed by atoms with Gasteiger partial charge in [0.05, 0.1) is 5.02 Å². The van der Waals surface area contributed by atoms with E-state index in [9.17, 15) is 5.11 Å². The van der Waals surface area contributed by atoms with Crippen LogP contribution < -0.4 is 10.6 Å². The normalized spacial score (nSPS) is 22.2. The lowest BCUT2D eigenvalue weighted by Crippen LogP contribution is -2.42. The molecule has 1 saturated heterocycles. The van der Waals surface area contributed by atoms with Gasteiger partial charge in [0.15, 0.2) is 0 Å². The van der Waals surface area contributed by atoms with Crippen molar-refractivity contribution in [1.29, 1.82) is 0 Å². The third kappa shape index (κ3) is 1.85. The summed E-state index contributed by atoms with van der Waals surface area (Å²) in [6.45, 7) is 2.71. The van der Waals surface area contributed by atoms with Crippen molar-refractivity contribution in [1.82, 2.24) is 10.6 Å². The van der Waals surface area contributed by atoms with Crippen molar-refractivity contribution < 1.29 is 5.11 Å². The predicted octanol–water partition coefficient (Wildman–Crippen LogP) is 1.28. The van der Waals surface area contributed by atoms with Crippen LogP contribution in [0.5, 0.6) is 5.75 Å². The number of benzene rings is 1. The molecule has 1 heterocycles. The summed E-state index contributed by atoms with van der Waals surface area (Å²) in [5.41, 5.74) is 0.865. The zero-order valence-electron chi connectivity index (χ0n) is 7.76. The molecule has 1 fully saturated rings. The maximum absolute atomic E-state index is 9.75. The number of halogens is 1. The number of phenols is 1. The Morgan fingerprint density at radius 3 is 2.93 bits per heavy atom. The molecule has 0 aromatic heterocycles. The van der Waals surface area contributed by atoms with Crippen LogP contribution in [-0.4, -0.2) is 24.7 Å². The Bertz CT molecular complexity index is 324. The molecule has 4 heteroatoms. The maximum atomic E-state index is 9.75. The lowest BCUT2D eigenvalue weighted by atomic mass is 10.0. The van der Waals surface area contributed by atoms with Gasteiger partial charge in [-0.25, -0.2) is 0 Å². The van der Waals surface area contributed by atoms with Crippen molar-refractivity contribution in [3.8, 4) is 5.75 Å². The Morgan fingerprint density at radius 2 is 2.21 bits per heavy atom. The van der Waals surface area contributed by atoms with Crippen LogP contribution in [0.4, 0.5) is 0 Å². The molecule has 0 amide bonds. The number of hydrogen-bond donors (Lipinski definition) is 3. The molecule has 1 aliphatic heterocycles. The second-order valence-corrected chi connectivity index (χ2v) is 3.80. The summed E-state index contributed by atoms with van der Waals surface area (Å²) in [6, 6.07) is 5.60. The van der Waals surface area contributed by atoms with Crippen molar-refractivity contribution in [2.24, 2.45) is 0 Å². The van der Waals surface area contributed by atoms with Gasteiger partial charge >= 0.3 is 0 Å². The first-order valence-electron chi connectivity index (χ1n) is 4.70. The molecule has 14 heavy (non-hydrogen) atoms. The molecular weight excluding hydrogens is 200 g/mol. The minimum Gasteiger partial charge on any atom is -0.506 e. The first kappa shape index (κ1) is 9.77. The van der Waals surface area contributed by atoms with Crippen LogP contribution in [0, 0.1) is 0 Å². The van der Waals surface area contributed by atoms with E-state index < -0.39 is 0 Å². The zero-order valence-corrected chi connectivity index (χ0v) is 8.51. The molecule has 3 N–H and O–H groups in total. The van der Waals surface area contributed by atoms with Crippen molar-refractivity contribution in [3.63, 3.8) is 0 Å². The lowest BCUT2D eigenvalue weighted by molar-refractivity contribution is 0.404. The van der Waals surface area contributed by atoms with E-state index >= 15 is 0 Å². The van der Waals surface area contributed by atoms with Crippen molar-refractivity contribution in [2.75, 3.05) is 19.6 Å². The first-order valence-corrected chi connectivity index (χ1v) is 5.08. The molecule has 76 valence electrons. The Kier molecular flexibility index (Phi) is 2.91. The quantitative estimate of drug-likeness (QED) is 0.657. The van der Waals surface area contributed by atoms with E-state index in [-0.39, 0.29) is 11.8 Å². The summed E-state index contributed by atoms with van der Waals surface area (Å²) in [5.74, 6) is 0.190. The molecule has 1 aliphatic rings. The van der Waals surface area contributed by atoms with E-state index in [0.29, 0.717) is 5.02 Å². The van der Waals surface area contributed by atoms with Gasteiger partial charge in [-0.1, -0.05) is 23.7 Å². The van der Waals surface area contributed by atoms with Crippen LogP contribution in [0.2, 0.25) is 5.02 Å². The molecule has 1 aromatic carbocycles. The average Bonchev–Trinajstić information content (AvgIpc) is 2.23. The monoisotopic (exact) mass is 212 g/mol. The Labute approximate surface area is 88.1 Å². The Balaban J connectivity index is 2.26. The van der Waals surface area contributed by atoms with Gasteiger partial charge in [-0.3, -0.25) is 0 Å². The topological polar surface area (TPSA) is 44.3 Å². The fraction of sp³-hybridized carbons (Fsp3) is 0.400. The number of phenolic OH excluding ortho intramolecular Hbond substituents is 1. The van der Waals surface area contributed by atoms with Crippen molar-refractivity contribution in [2.45, 2.75) is 6.04 Å². The third-order valence-corrected chi connectivity index (χ3v) is 2.74. The van der Waals surface area contributed by atoms with Gasteiger partial charge in [-0.2, -0.15) is 0 Å². The van der Waals surface area contributed by atoms with Gasteiger partial charge in [-0.05, 0) is 6.07 Å². The largest absolute Gasteiger partial charge is 0.506 e. The smallest absolute Gasteiger partial charge is 0.138 e. The fourth-order valence-corrected chi connectivity index (χ4v) is 1.87. The number of rotatable bonds is 1. The molecule has 0 aliphatic carbocycles. The van der Waals surface area contributed by atoms with E-state index in [2.05, 4.69) is 10.6 Å². The minimum atomic E-state index is 0.155. The highest BCUT2D eigenvalue weighted by Crippen LogP contribution is 2.31. The second-order valence-electron chi connectivity index (χ2n) is 3.39. The van der Waals surface area contributed by atoms with Crippen LogP contribution >= 0.6 is 11.6 Å². The van der Waals surface area contributed by atoms with Crippen LogP contribution in [0.25, 0.3) is 0 Å². The summed E-state index contributed by atoms with van der Waals surface area (Å²) in [7, 11) is 0. The molecule has 0 saturated carbocycles. The Morgan fingerprint density at radius 1 is 1.36 bits per heavy atom. The van der Waals surface area contributed by atoms with Crippen LogP contribution in [0.1, 0.15) is 11.6 Å². The van der Waals surface area contributed by atoms with Gasteiger partial charge in [0.2, 0.25) is 0 Å². The van der Waals surface area contributed by atoms with Crippen LogP contribution in [-0.2, 0) is 0 Å². The second kappa shape index (κ2) is 4.17. The fourth-order valence-electron chi connectivity index (χ4n) is 1.69. The molecule has 0 unspecified atom stereocenters. The molecule has 0 spiro atoms. The highest BCUT2D eigenvalue weighted by molar-refractivity contribution is 6.32. The van der Waals surface area contributed by atoms with E-state index in [1.54, 1.807) is 6.07 Å². The first-order chi connectivity index (χ1) is 6.79. The number of aromatic hydroxyl groups is 1. The third-order valence-electron chi connectivity index (χ3n) is 2.43. The maximum Gasteiger partial charge on any atom is 0.138 e. The van der Waals surface area contributed by atoms with Gasteiger partial charge < -0.3 is 15.7 Å². The molecule has 0 bridgehead atoms. The highest BCUT2D eigenvalue weighted by atomic mass is 35.5. The van der Waals surface area contributed by atoms with E-state index in [1.165, 1.54) is 0 Å². The number of nitrogens with one attached hydrogen (secondary N) is 2.